The highest BCUT2D eigenvalue weighted by molar-refractivity contribution is 9.10. The molecule has 0 amide bonds. The van der Waals surface area contributed by atoms with Crippen molar-refractivity contribution in [3.8, 4) is 0 Å². The van der Waals surface area contributed by atoms with E-state index in [0.29, 0.717) is 12.0 Å². The maximum absolute atomic E-state index is 12.9. The van der Waals surface area contributed by atoms with E-state index in [-0.39, 0.29) is 5.82 Å². The first kappa shape index (κ1) is 12.1. The molecule has 2 atom stereocenters. The lowest BCUT2D eigenvalue weighted by Crippen LogP contribution is -2.34. The molecule has 16 heavy (non-hydrogen) atoms. The van der Waals surface area contributed by atoms with Gasteiger partial charge >= 0.3 is 0 Å². The average molecular weight is 286 g/mol. The van der Waals surface area contributed by atoms with Crippen molar-refractivity contribution < 1.29 is 4.39 Å². The molecule has 0 heterocycles. The fourth-order valence-electron chi connectivity index (χ4n) is 2.46. The number of benzene rings is 1. The van der Waals surface area contributed by atoms with E-state index in [9.17, 15) is 4.39 Å². The van der Waals surface area contributed by atoms with E-state index in [2.05, 4.69) is 15.9 Å². The van der Waals surface area contributed by atoms with Gasteiger partial charge in [-0.3, -0.25) is 0 Å². The van der Waals surface area contributed by atoms with Gasteiger partial charge in [-0.05, 0) is 42.9 Å². The minimum absolute atomic E-state index is 0.191. The summed E-state index contributed by atoms with van der Waals surface area (Å²) in [5.74, 6) is 0.360. The van der Waals surface area contributed by atoms with Crippen LogP contribution in [0.15, 0.2) is 22.7 Å². The molecule has 1 aromatic rings. The van der Waals surface area contributed by atoms with Crippen molar-refractivity contribution in [3.63, 3.8) is 0 Å². The van der Waals surface area contributed by atoms with Crippen molar-refractivity contribution in [3.05, 3.63) is 34.1 Å². The third kappa shape index (κ3) is 2.83. The fraction of sp³-hybridized carbons (Fsp3) is 0.538. The van der Waals surface area contributed by atoms with Gasteiger partial charge < -0.3 is 5.73 Å². The molecule has 0 aromatic heterocycles. The van der Waals surface area contributed by atoms with E-state index >= 15 is 0 Å². The topological polar surface area (TPSA) is 26.0 Å². The summed E-state index contributed by atoms with van der Waals surface area (Å²) in [6, 6.07) is 5.23. The highest BCUT2D eigenvalue weighted by Crippen LogP contribution is 2.29. The highest BCUT2D eigenvalue weighted by Gasteiger charge is 2.22. The Morgan fingerprint density at radius 1 is 1.31 bits per heavy atom. The average Bonchev–Trinajstić information content (AvgIpc) is 2.25. The van der Waals surface area contributed by atoms with Crippen LogP contribution in [0, 0.1) is 11.7 Å². The van der Waals surface area contributed by atoms with E-state index < -0.39 is 0 Å². The molecule has 1 aliphatic rings. The Hall–Kier alpha value is -0.410. The molecule has 0 spiro atoms. The highest BCUT2D eigenvalue weighted by atomic mass is 79.9. The normalized spacial score (nSPS) is 25.7. The number of hydrogen-bond donors (Lipinski definition) is 1. The largest absolute Gasteiger partial charge is 0.327 e. The molecule has 1 aromatic carbocycles. The monoisotopic (exact) mass is 285 g/mol. The zero-order chi connectivity index (χ0) is 11.5. The van der Waals surface area contributed by atoms with Crippen LogP contribution in [-0.2, 0) is 6.42 Å². The Morgan fingerprint density at radius 3 is 2.75 bits per heavy atom. The summed E-state index contributed by atoms with van der Waals surface area (Å²) in [5.41, 5.74) is 7.29. The predicted octanol–water partition coefficient (Wildman–Crippen LogP) is 3.65. The van der Waals surface area contributed by atoms with E-state index in [1.807, 2.05) is 6.07 Å². The summed E-state index contributed by atoms with van der Waals surface area (Å²) in [6.07, 6.45) is 5.82. The number of nitrogens with two attached hydrogens (primary N) is 1. The van der Waals surface area contributed by atoms with Crippen molar-refractivity contribution in [2.75, 3.05) is 0 Å². The molecule has 1 saturated carbocycles. The molecular weight excluding hydrogens is 269 g/mol. The first-order valence-corrected chi connectivity index (χ1v) is 6.65. The van der Waals surface area contributed by atoms with Crippen molar-refractivity contribution in [1.82, 2.24) is 0 Å². The van der Waals surface area contributed by atoms with E-state index in [4.69, 9.17) is 5.73 Å². The summed E-state index contributed by atoms with van der Waals surface area (Å²) in [5, 5.41) is 0. The first-order valence-electron chi connectivity index (χ1n) is 5.86. The van der Waals surface area contributed by atoms with Crippen LogP contribution < -0.4 is 5.73 Å². The van der Waals surface area contributed by atoms with Crippen LogP contribution >= 0.6 is 15.9 Å². The Kier molecular flexibility index (Phi) is 3.98. The molecule has 0 bridgehead atoms. The standard InChI is InChI=1S/C13H17BrFN/c14-12-8-11(15)6-5-9(12)7-10-3-1-2-4-13(10)16/h5-6,8,10,13H,1-4,7,16H2. The molecule has 0 saturated heterocycles. The van der Waals surface area contributed by atoms with E-state index in [1.165, 1.54) is 37.0 Å². The third-order valence-corrected chi connectivity index (χ3v) is 4.20. The van der Waals surface area contributed by atoms with Crippen LogP contribution in [0.5, 0.6) is 0 Å². The van der Waals surface area contributed by atoms with Crippen LogP contribution in [0.1, 0.15) is 31.2 Å². The molecule has 0 aliphatic heterocycles. The van der Waals surface area contributed by atoms with Gasteiger partial charge in [-0.2, -0.15) is 0 Å². The van der Waals surface area contributed by atoms with Gasteiger partial charge in [-0.25, -0.2) is 4.39 Å². The molecular formula is C13H17BrFN. The van der Waals surface area contributed by atoms with Crippen LogP contribution in [0.3, 0.4) is 0 Å². The molecule has 88 valence electrons. The van der Waals surface area contributed by atoms with Crippen LogP contribution in [-0.4, -0.2) is 6.04 Å². The summed E-state index contributed by atoms with van der Waals surface area (Å²) in [7, 11) is 0. The molecule has 1 nitrogen and oxygen atoms in total. The van der Waals surface area contributed by atoms with Crippen molar-refractivity contribution in [2.24, 2.45) is 11.7 Å². The van der Waals surface area contributed by atoms with Crippen molar-refractivity contribution in [1.29, 1.82) is 0 Å². The van der Waals surface area contributed by atoms with Crippen molar-refractivity contribution >= 4 is 15.9 Å². The quantitative estimate of drug-likeness (QED) is 0.882. The summed E-state index contributed by atoms with van der Waals surface area (Å²) in [6.45, 7) is 0. The van der Waals surface area contributed by atoms with Gasteiger partial charge in [0.15, 0.2) is 0 Å². The number of hydrogen-bond acceptors (Lipinski definition) is 1. The second-order valence-corrected chi connectivity index (χ2v) is 5.50. The third-order valence-electron chi connectivity index (χ3n) is 3.47. The fourth-order valence-corrected chi connectivity index (χ4v) is 2.97. The SMILES string of the molecule is NC1CCCCC1Cc1ccc(F)cc1Br. The Bertz CT molecular complexity index is 367. The first-order chi connectivity index (χ1) is 7.66. The molecule has 2 unspecified atom stereocenters. The minimum atomic E-state index is -0.191. The van der Waals surface area contributed by atoms with Gasteiger partial charge in [0.05, 0.1) is 0 Å². The lowest BCUT2D eigenvalue weighted by Gasteiger charge is -2.28. The second kappa shape index (κ2) is 5.28. The zero-order valence-corrected chi connectivity index (χ0v) is 10.8. The molecule has 2 rings (SSSR count). The minimum Gasteiger partial charge on any atom is -0.327 e. The lowest BCUT2D eigenvalue weighted by atomic mass is 9.81. The predicted molar refractivity (Wildman–Crippen MR) is 67.7 cm³/mol. The maximum atomic E-state index is 12.9. The number of rotatable bonds is 2. The Balaban J connectivity index is 2.07. The number of halogens is 2. The van der Waals surface area contributed by atoms with E-state index in [1.54, 1.807) is 0 Å². The molecule has 2 N–H and O–H groups in total. The van der Waals surface area contributed by atoms with Gasteiger partial charge in [0, 0.05) is 10.5 Å². The van der Waals surface area contributed by atoms with Crippen molar-refractivity contribution in [2.45, 2.75) is 38.1 Å². The Morgan fingerprint density at radius 2 is 2.06 bits per heavy atom. The Labute approximate surface area is 104 Å². The van der Waals surface area contributed by atoms with Gasteiger partial charge in [0.25, 0.3) is 0 Å². The maximum Gasteiger partial charge on any atom is 0.124 e. The molecule has 0 radical (unpaired) electrons. The van der Waals surface area contributed by atoms with Crippen LogP contribution in [0.25, 0.3) is 0 Å². The molecule has 1 fully saturated rings. The van der Waals surface area contributed by atoms with Gasteiger partial charge in [-0.15, -0.1) is 0 Å². The zero-order valence-electron chi connectivity index (χ0n) is 9.26. The van der Waals surface area contributed by atoms with Gasteiger partial charge in [-0.1, -0.05) is 34.8 Å². The van der Waals surface area contributed by atoms with Crippen LogP contribution in [0.2, 0.25) is 0 Å². The summed E-state index contributed by atoms with van der Waals surface area (Å²) >= 11 is 3.41. The molecule has 1 aliphatic carbocycles. The summed E-state index contributed by atoms with van der Waals surface area (Å²) < 4.78 is 13.8. The van der Waals surface area contributed by atoms with Crippen LogP contribution in [0.4, 0.5) is 4.39 Å². The van der Waals surface area contributed by atoms with Gasteiger partial charge in [0.2, 0.25) is 0 Å². The van der Waals surface area contributed by atoms with E-state index in [0.717, 1.165) is 17.3 Å². The smallest absolute Gasteiger partial charge is 0.124 e. The van der Waals surface area contributed by atoms with Gasteiger partial charge in [0.1, 0.15) is 5.82 Å². The molecule has 3 heteroatoms. The lowest BCUT2D eigenvalue weighted by molar-refractivity contribution is 0.306. The summed E-state index contributed by atoms with van der Waals surface area (Å²) in [4.78, 5) is 0. The second-order valence-electron chi connectivity index (χ2n) is 4.65.